The quantitative estimate of drug-likeness (QED) is 0.889. The summed E-state index contributed by atoms with van der Waals surface area (Å²) in [4.78, 5) is 8.28. The van der Waals surface area contributed by atoms with E-state index in [0.29, 0.717) is 30.7 Å². The molecule has 1 aliphatic rings. The highest BCUT2D eigenvalue weighted by Gasteiger charge is 2.24. The first-order valence-electron chi connectivity index (χ1n) is 6.54. The molecular formula is C13H21N3O2. The summed E-state index contributed by atoms with van der Waals surface area (Å²) in [6.07, 6.45) is 4.11. The fourth-order valence-corrected chi connectivity index (χ4v) is 2.38. The Labute approximate surface area is 108 Å². The summed E-state index contributed by atoms with van der Waals surface area (Å²) < 4.78 is 11.1. The van der Waals surface area contributed by atoms with Gasteiger partial charge in [-0.2, -0.15) is 0 Å². The predicted octanol–water partition coefficient (Wildman–Crippen LogP) is 2.24. The van der Waals surface area contributed by atoms with E-state index >= 15 is 0 Å². The largest absolute Gasteiger partial charge is 0.478 e. The molecule has 1 aliphatic heterocycles. The van der Waals surface area contributed by atoms with Gasteiger partial charge in [0.15, 0.2) is 0 Å². The number of nitrogens with one attached hydrogen (secondary N) is 1. The van der Waals surface area contributed by atoms with E-state index in [9.17, 15) is 0 Å². The van der Waals surface area contributed by atoms with Gasteiger partial charge in [0.05, 0.1) is 18.8 Å². The Morgan fingerprint density at radius 3 is 2.72 bits per heavy atom. The van der Waals surface area contributed by atoms with Crippen molar-refractivity contribution in [1.29, 1.82) is 0 Å². The molecule has 0 aromatic carbocycles. The van der Waals surface area contributed by atoms with Crippen LogP contribution >= 0.6 is 0 Å². The van der Waals surface area contributed by atoms with Crippen LogP contribution < -0.4 is 10.1 Å². The van der Waals surface area contributed by atoms with Crippen molar-refractivity contribution in [1.82, 2.24) is 9.97 Å². The number of hydrogen-bond acceptors (Lipinski definition) is 5. The number of anilines is 1. The molecule has 2 unspecified atom stereocenters. The van der Waals surface area contributed by atoms with Gasteiger partial charge < -0.3 is 14.8 Å². The number of aromatic nitrogens is 2. The predicted molar refractivity (Wildman–Crippen MR) is 69.9 cm³/mol. The van der Waals surface area contributed by atoms with Gasteiger partial charge in [0.1, 0.15) is 12.1 Å². The van der Waals surface area contributed by atoms with E-state index in [1.165, 1.54) is 6.33 Å². The molecule has 0 amide bonds. The molecule has 1 aromatic rings. The lowest BCUT2D eigenvalue weighted by atomic mass is 10.00. The summed E-state index contributed by atoms with van der Waals surface area (Å²) in [7, 11) is 0. The minimum Gasteiger partial charge on any atom is -0.478 e. The molecule has 5 heteroatoms. The van der Waals surface area contributed by atoms with E-state index in [4.69, 9.17) is 9.47 Å². The monoisotopic (exact) mass is 251 g/mol. The summed E-state index contributed by atoms with van der Waals surface area (Å²) in [6.45, 7) is 6.77. The SMILES string of the molecule is CCOc1cc(NC2CC(C)OC(C)C2)ncn1. The van der Waals surface area contributed by atoms with Gasteiger partial charge in [0.2, 0.25) is 5.88 Å². The van der Waals surface area contributed by atoms with Crippen LogP contribution in [0, 0.1) is 0 Å². The molecular weight excluding hydrogens is 230 g/mol. The lowest BCUT2D eigenvalue weighted by molar-refractivity contribution is -0.0338. The van der Waals surface area contributed by atoms with Gasteiger partial charge >= 0.3 is 0 Å². The number of rotatable bonds is 4. The molecule has 0 bridgehead atoms. The molecule has 1 N–H and O–H groups in total. The first-order valence-corrected chi connectivity index (χ1v) is 6.54. The lowest BCUT2D eigenvalue weighted by Gasteiger charge is -2.32. The summed E-state index contributed by atoms with van der Waals surface area (Å²) >= 11 is 0. The molecule has 0 spiro atoms. The normalized spacial score (nSPS) is 27.8. The molecule has 5 nitrogen and oxygen atoms in total. The molecule has 2 atom stereocenters. The maximum Gasteiger partial charge on any atom is 0.218 e. The average Bonchev–Trinajstić information content (AvgIpc) is 2.28. The third-order valence-corrected chi connectivity index (χ3v) is 2.98. The smallest absolute Gasteiger partial charge is 0.218 e. The maximum atomic E-state index is 5.72. The zero-order valence-corrected chi connectivity index (χ0v) is 11.2. The first-order chi connectivity index (χ1) is 8.67. The zero-order valence-electron chi connectivity index (χ0n) is 11.2. The maximum absolute atomic E-state index is 5.72. The van der Waals surface area contributed by atoms with Crippen LogP contribution in [0.1, 0.15) is 33.6 Å². The van der Waals surface area contributed by atoms with Gasteiger partial charge in [-0.15, -0.1) is 0 Å². The molecule has 1 saturated heterocycles. The van der Waals surface area contributed by atoms with Crippen LogP contribution in [0.25, 0.3) is 0 Å². The van der Waals surface area contributed by atoms with Crippen LogP contribution in [-0.4, -0.2) is 34.8 Å². The van der Waals surface area contributed by atoms with Gasteiger partial charge in [-0.05, 0) is 33.6 Å². The minimum absolute atomic E-state index is 0.291. The van der Waals surface area contributed by atoms with Crippen molar-refractivity contribution in [3.05, 3.63) is 12.4 Å². The standard InChI is InChI=1S/C13H21N3O2/c1-4-17-13-7-12(14-8-15-13)16-11-5-9(2)18-10(3)6-11/h7-11H,4-6H2,1-3H3,(H,14,15,16). The lowest BCUT2D eigenvalue weighted by Crippen LogP contribution is -2.37. The van der Waals surface area contributed by atoms with Crippen LogP contribution in [0.15, 0.2) is 12.4 Å². The highest BCUT2D eigenvalue weighted by atomic mass is 16.5. The van der Waals surface area contributed by atoms with E-state index in [2.05, 4.69) is 29.1 Å². The molecule has 2 rings (SSSR count). The second-order valence-electron chi connectivity index (χ2n) is 4.74. The van der Waals surface area contributed by atoms with Gasteiger partial charge in [-0.1, -0.05) is 0 Å². The Hall–Kier alpha value is -1.36. The number of nitrogens with zero attached hydrogens (tertiary/aromatic N) is 2. The topological polar surface area (TPSA) is 56.3 Å². The van der Waals surface area contributed by atoms with Gasteiger partial charge in [0, 0.05) is 12.1 Å². The van der Waals surface area contributed by atoms with Crippen molar-refractivity contribution in [2.75, 3.05) is 11.9 Å². The van der Waals surface area contributed by atoms with Crippen molar-refractivity contribution >= 4 is 5.82 Å². The summed E-state index contributed by atoms with van der Waals surface area (Å²) in [5, 5.41) is 3.43. The Balaban J connectivity index is 1.97. The minimum atomic E-state index is 0.291. The second-order valence-corrected chi connectivity index (χ2v) is 4.74. The van der Waals surface area contributed by atoms with E-state index in [1.54, 1.807) is 0 Å². The summed E-state index contributed by atoms with van der Waals surface area (Å²) in [5.41, 5.74) is 0. The highest BCUT2D eigenvalue weighted by molar-refractivity contribution is 5.38. The summed E-state index contributed by atoms with van der Waals surface area (Å²) in [5.74, 6) is 1.43. The molecule has 1 aromatic heterocycles. The number of ether oxygens (including phenoxy) is 2. The van der Waals surface area contributed by atoms with Gasteiger partial charge in [-0.25, -0.2) is 9.97 Å². The highest BCUT2D eigenvalue weighted by Crippen LogP contribution is 2.22. The van der Waals surface area contributed by atoms with Crippen molar-refractivity contribution in [2.45, 2.75) is 51.9 Å². The third-order valence-electron chi connectivity index (χ3n) is 2.98. The van der Waals surface area contributed by atoms with Crippen LogP contribution in [0.2, 0.25) is 0 Å². The molecule has 0 radical (unpaired) electrons. The Morgan fingerprint density at radius 1 is 1.33 bits per heavy atom. The fourth-order valence-electron chi connectivity index (χ4n) is 2.38. The van der Waals surface area contributed by atoms with Gasteiger partial charge in [-0.3, -0.25) is 0 Å². The Morgan fingerprint density at radius 2 is 2.06 bits per heavy atom. The van der Waals surface area contributed by atoms with Crippen molar-refractivity contribution < 1.29 is 9.47 Å². The number of hydrogen-bond donors (Lipinski definition) is 1. The van der Waals surface area contributed by atoms with E-state index in [0.717, 1.165) is 18.7 Å². The molecule has 2 heterocycles. The fraction of sp³-hybridized carbons (Fsp3) is 0.692. The third kappa shape index (κ3) is 3.57. The van der Waals surface area contributed by atoms with Crippen LogP contribution in [-0.2, 0) is 4.74 Å². The van der Waals surface area contributed by atoms with Crippen LogP contribution in [0.5, 0.6) is 5.88 Å². The molecule has 0 saturated carbocycles. The van der Waals surface area contributed by atoms with Crippen LogP contribution in [0.3, 0.4) is 0 Å². The zero-order chi connectivity index (χ0) is 13.0. The molecule has 1 fully saturated rings. The van der Waals surface area contributed by atoms with Crippen LogP contribution in [0.4, 0.5) is 5.82 Å². The van der Waals surface area contributed by atoms with E-state index in [-0.39, 0.29) is 0 Å². The average molecular weight is 251 g/mol. The first kappa shape index (κ1) is 13.1. The Kier molecular flexibility index (Phi) is 4.36. The molecule has 0 aliphatic carbocycles. The van der Waals surface area contributed by atoms with Gasteiger partial charge in [0.25, 0.3) is 0 Å². The van der Waals surface area contributed by atoms with Crippen molar-refractivity contribution in [3.63, 3.8) is 0 Å². The second kappa shape index (κ2) is 6.00. The summed E-state index contributed by atoms with van der Waals surface area (Å²) in [6, 6.07) is 2.24. The van der Waals surface area contributed by atoms with Crippen molar-refractivity contribution in [2.24, 2.45) is 0 Å². The molecule has 18 heavy (non-hydrogen) atoms. The van der Waals surface area contributed by atoms with Crippen molar-refractivity contribution in [3.8, 4) is 5.88 Å². The molecule has 100 valence electrons. The van der Waals surface area contributed by atoms with E-state index < -0.39 is 0 Å². The Bertz CT molecular complexity index is 376. The van der Waals surface area contributed by atoms with E-state index in [1.807, 2.05) is 13.0 Å².